The van der Waals surface area contributed by atoms with Crippen molar-refractivity contribution in [2.75, 3.05) is 11.1 Å². The number of thiophene rings is 2. The van der Waals surface area contributed by atoms with Crippen LogP contribution in [0.2, 0.25) is 0 Å². The monoisotopic (exact) mass is 480 g/mol. The molecule has 32 heavy (non-hydrogen) atoms. The molecule has 2 aliphatic rings. The van der Waals surface area contributed by atoms with Crippen molar-refractivity contribution in [2.24, 2.45) is 0 Å². The lowest BCUT2D eigenvalue weighted by Gasteiger charge is -2.10. The van der Waals surface area contributed by atoms with Gasteiger partial charge in [-0.15, -0.1) is 32.9 Å². The van der Waals surface area contributed by atoms with Gasteiger partial charge < -0.3 is 5.32 Å². The first kappa shape index (κ1) is 20.1. The summed E-state index contributed by atoms with van der Waals surface area (Å²) in [6.45, 7) is 0. The van der Waals surface area contributed by atoms with Gasteiger partial charge in [0.25, 0.3) is 0 Å². The summed E-state index contributed by atoms with van der Waals surface area (Å²) in [6, 6.07) is 2.30. The van der Waals surface area contributed by atoms with E-state index in [9.17, 15) is 10.1 Å². The van der Waals surface area contributed by atoms with Gasteiger partial charge in [0.05, 0.1) is 16.7 Å². The van der Waals surface area contributed by atoms with E-state index in [4.69, 9.17) is 0 Å². The predicted molar refractivity (Wildman–Crippen MR) is 128 cm³/mol. The van der Waals surface area contributed by atoms with Crippen LogP contribution in [-0.4, -0.2) is 31.2 Å². The highest BCUT2D eigenvalue weighted by Crippen LogP contribution is 2.39. The summed E-state index contributed by atoms with van der Waals surface area (Å²) < 4.78 is 1.90. The summed E-state index contributed by atoms with van der Waals surface area (Å²) >= 11 is 4.66. The molecule has 0 saturated heterocycles. The molecular weight excluding hydrogens is 460 g/mol. The lowest BCUT2D eigenvalue weighted by molar-refractivity contribution is -0.113. The molecule has 0 aromatic carbocycles. The largest absolute Gasteiger partial charge is 0.316 e. The Kier molecular flexibility index (Phi) is 5.12. The van der Waals surface area contributed by atoms with Crippen LogP contribution in [0.15, 0.2) is 11.5 Å². The molecule has 1 N–H and O–H groups in total. The number of hydrogen-bond donors (Lipinski definition) is 1. The molecule has 0 radical (unpaired) electrons. The van der Waals surface area contributed by atoms with E-state index >= 15 is 0 Å². The number of thioether (sulfide) groups is 1. The molecule has 4 heterocycles. The van der Waals surface area contributed by atoms with Crippen molar-refractivity contribution in [3.05, 3.63) is 32.8 Å². The van der Waals surface area contributed by atoms with Crippen LogP contribution in [0, 0.1) is 11.3 Å². The van der Waals surface area contributed by atoms with Crippen LogP contribution in [0.1, 0.15) is 52.1 Å². The molecule has 0 bridgehead atoms. The maximum atomic E-state index is 12.7. The van der Waals surface area contributed by atoms with E-state index < -0.39 is 0 Å². The Morgan fingerprint density at radius 2 is 1.84 bits per heavy atom. The van der Waals surface area contributed by atoms with Crippen molar-refractivity contribution in [1.82, 2.24) is 19.6 Å². The van der Waals surface area contributed by atoms with Crippen LogP contribution in [0.3, 0.4) is 0 Å². The zero-order chi connectivity index (χ0) is 21.7. The predicted octanol–water partition coefficient (Wildman–Crippen LogP) is 4.76. The number of aromatic nitrogens is 4. The van der Waals surface area contributed by atoms with E-state index in [0.717, 1.165) is 60.0 Å². The first-order valence-corrected chi connectivity index (χ1v) is 13.5. The van der Waals surface area contributed by atoms with Crippen molar-refractivity contribution < 1.29 is 4.79 Å². The molecule has 4 aromatic heterocycles. The number of nitrogens with one attached hydrogen (secondary N) is 1. The van der Waals surface area contributed by atoms with Gasteiger partial charge in [-0.3, -0.25) is 9.20 Å². The Bertz CT molecular complexity index is 1410. The van der Waals surface area contributed by atoms with Crippen molar-refractivity contribution >= 4 is 61.2 Å². The van der Waals surface area contributed by atoms with Crippen molar-refractivity contribution in [1.29, 1.82) is 5.26 Å². The molecule has 2 aliphatic carbocycles. The third-order valence-corrected chi connectivity index (χ3v) is 9.55. The van der Waals surface area contributed by atoms with Crippen LogP contribution in [0.25, 0.3) is 15.9 Å². The molecule has 0 atom stereocenters. The lowest BCUT2D eigenvalue weighted by atomic mass is 9.96. The lowest BCUT2D eigenvalue weighted by Crippen LogP contribution is -2.14. The van der Waals surface area contributed by atoms with Gasteiger partial charge in [-0.25, -0.2) is 4.98 Å². The second kappa shape index (κ2) is 8.14. The highest BCUT2D eigenvalue weighted by Gasteiger charge is 2.23. The van der Waals surface area contributed by atoms with E-state index in [1.807, 2.05) is 4.40 Å². The van der Waals surface area contributed by atoms with Gasteiger partial charge in [-0.05, 0) is 62.5 Å². The number of anilines is 1. The van der Waals surface area contributed by atoms with E-state index in [1.165, 1.54) is 39.9 Å². The third kappa shape index (κ3) is 3.31. The van der Waals surface area contributed by atoms with E-state index in [0.29, 0.717) is 15.7 Å². The Morgan fingerprint density at radius 1 is 1.09 bits per heavy atom. The fourth-order valence-corrected chi connectivity index (χ4v) is 7.88. The average molecular weight is 481 g/mol. The van der Waals surface area contributed by atoms with Crippen LogP contribution in [0.4, 0.5) is 5.00 Å². The molecule has 0 aliphatic heterocycles. The third-order valence-electron chi connectivity index (χ3n) is 6.20. The van der Waals surface area contributed by atoms with Gasteiger partial charge in [0, 0.05) is 9.75 Å². The second-order valence-corrected chi connectivity index (χ2v) is 11.3. The molecule has 7 nitrogen and oxygen atoms in total. The van der Waals surface area contributed by atoms with Crippen molar-refractivity contribution in [3.8, 4) is 6.07 Å². The van der Waals surface area contributed by atoms with Crippen molar-refractivity contribution in [3.63, 3.8) is 0 Å². The van der Waals surface area contributed by atoms with Crippen LogP contribution in [-0.2, 0) is 30.5 Å². The van der Waals surface area contributed by atoms with Gasteiger partial charge in [0.2, 0.25) is 5.91 Å². The number of fused-ring (bicyclic) bond motifs is 6. The summed E-state index contributed by atoms with van der Waals surface area (Å²) in [7, 11) is 0. The normalized spacial score (nSPS) is 15.5. The topological polar surface area (TPSA) is 96.0 Å². The maximum absolute atomic E-state index is 12.7. The Labute approximate surface area is 196 Å². The minimum absolute atomic E-state index is 0.135. The molecular formula is C22H20N6OS3. The summed E-state index contributed by atoms with van der Waals surface area (Å²) in [5.74, 6) is 0.0670. The molecule has 0 saturated carbocycles. The van der Waals surface area contributed by atoms with E-state index in [2.05, 4.69) is 26.6 Å². The van der Waals surface area contributed by atoms with Crippen molar-refractivity contribution in [2.45, 2.75) is 56.5 Å². The minimum Gasteiger partial charge on any atom is -0.316 e. The quantitative estimate of drug-likeness (QED) is 0.423. The molecule has 0 fully saturated rings. The smallest absolute Gasteiger partial charge is 0.235 e. The van der Waals surface area contributed by atoms with E-state index in [1.54, 1.807) is 29.0 Å². The van der Waals surface area contributed by atoms with Crippen LogP contribution in [0.5, 0.6) is 0 Å². The summed E-state index contributed by atoms with van der Waals surface area (Å²) in [6.07, 6.45) is 10.6. The Morgan fingerprint density at radius 3 is 2.66 bits per heavy atom. The number of hydrogen-bond acceptors (Lipinski definition) is 8. The maximum Gasteiger partial charge on any atom is 0.235 e. The van der Waals surface area contributed by atoms with Crippen LogP contribution < -0.4 is 5.32 Å². The molecule has 6 rings (SSSR count). The van der Waals surface area contributed by atoms with Gasteiger partial charge >= 0.3 is 0 Å². The standard InChI is InChI=1S/C22H20N6OS3/c23-9-14-12-5-1-3-7-15(12)31-20(14)25-17(29)10-30-22-27-26-19-18-13-6-2-4-8-16(13)32-21(18)24-11-28(19)22/h11H,1-8,10H2,(H,25,29). The van der Waals surface area contributed by atoms with Gasteiger partial charge in [0.1, 0.15) is 22.2 Å². The highest BCUT2D eigenvalue weighted by atomic mass is 32.2. The van der Waals surface area contributed by atoms with E-state index in [-0.39, 0.29) is 11.7 Å². The zero-order valence-electron chi connectivity index (χ0n) is 17.3. The summed E-state index contributed by atoms with van der Waals surface area (Å²) in [5, 5.41) is 23.8. The SMILES string of the molecule is N#Cc1c(NC(=O)CSc2nnc3c4c5c(sc4ncn23)CCCC5)sc2c1CCCC2. The first-order chi connectivity index (χ1) is 15.7. The number of rotatable bonds is 4. The summed E-state index contributed by atoms with van der Waals surface area (Å²) in [5.41, 5.74) is 3.98. The number of carbonyl (C=O) groups is 1. The number of nitriles is 1. The molecule has 0 unspecified atom stereocenters. The molecule has 4 aromatic rings. The molecule has 1 amide bonds. The Balaban J connectivity index is 1.23. The van der Waals surface area contributed by atoms with Gasteiger partial charge in [-0.2, -0.15) is 5.26 Å². The zero-order valence-corrected chi connectivity index (χ0v) is 19.8. The number of amides is 1. The summed E-state index contributed by atoms with van der Waals surface area (Å²) in [4.78, 5) is 21.0. The number of nitrogens with zero attached hydrogens (tertiary/aromatic N) is 5. The molecule has 10 heteroatoms. The van der Waals surface area contributed by atoms with Crippen LogP contribution >= 0.6 is 34.4 Å². The number of aryl methyl sites for hydroxylation is 3. The first-order valence-electron chi connectivity index (χ1n) is 10.8. The number of carbonyl (C=O) groups excluding carboxylic acids is 1. The Hall–Kier alpha value is -2.48. The molecule has 162 valence electrons. The van der Waals surface area contributed by atoms with Gasteiger partial charge in [-0.1, -0.05) is 11.8 Å². The second-order valence-electron chi connectivity index (χ2n) is 8.18. The molecule has 0 spiro atoms. The fraction of sp³-hybridized carbons (Fsp3) is 0.409. The average Bonchev–Trinajstić information content (AvgIpc) is 3.49. The van der Waals surface area contributed by atoms with Gasteiger partial charge in [0.15, 0.2) is 10.8 Å². The highest BCUT2D eigenvalue weighted by molar-refractivity contribution is 7.99. The minimum atomic E-state index is -0.135. The fourth-order valence-electron chi connectivity index (χ4n) is 4.70.